The van der Waals surface area contributed by atoms with Gasteiger partial charge in [-0.15, -0.1) is 0 Å². The molecule has 2 aromatic carbocycles. The molecule has 16 nitrogen and oxygen atoms in total. The van der Waals surface area contributed by atoms with E-state index in [2.05, 4.69) is 40.7 Å². The second kappa shape index (κ2) is 14.8. The summed E-state index contributed by atoms with van der Waals surface area (Å²) in [6.45, 7) is 2.58. The molecule has 4 saturated heterocycles. The van der Waals surface area contributed by atoms with Gasteiger partial charge in [0.2, 0.25) is 23.7 Å². The van der Waals surface area contributed by atoms with Gasteiger partial charge in [-0.05, 0) is 86.3 Å². The topological polar surface area (TPSA) is 171 Å². The fraction of sp³-hybridized carbons (Fsp3) is 0.350. The zero-order valence-electron chi connectivity index (χ0n) is 30.7. The van der Waals surface area contributed by atoms with Crippen molar-refractivity contribution in [1.29, 1.82) is 0 Å². The zero-order chi connectivity index (χ0) is 37.4. The van der Waals surface area contributed by atoms with Crippen molar-refractivity contribution in [2.75, 3.05) is 53.8 Å². The Balaban J connectivity index is 0.749. The van der Waals surface area contributed by atoms with E-state index in [0.717, 1.165) is 61.4 Å². The largest absolute Gasteiger partial charge is 0.497 e. The van der Waals surface area contributed by atoms with Crippen LogP contribution < -0.4 is 29.9 Å². The first-order valence-electron chi connectivity index (χ1n) is 18.9. The smallest absolute Gasteiger partial charge is 0.230 e. The van der Waals surface area contributed by atoms with Crippen LogP contribution in [-0.4, -0.2) is 94.1 Å². The van der Waals surface area contributed by atoms with Crippen molar-refractivity contribution in [3.8, 4) is 34.0 Å². The summed E-state index contributed by atoms with van der Waals surface area (Å²) in [5.74, 6) is 5.06. The van der Waals surface area contributed by atoms with Crippen LogP contribution in [0.1, 0.15) is 25.7 Å². The lowest BCUT2D eigenvalue weighted by molar-refractivity contribution is -0.0161. The monoisotopic (exact) mass is 756 g/mol. The van der Waals surface area contributed by atoms with Gasteiger partial charge in [0.25, 0.3) is 0 Å². The number of anilines is 6. The number of hydrogen-bond donors (Lipinski definition) is 2. The summed E-state index contributed by atoms with van der Waals surface area (Å²) in [5.41, 5.74) is 3.21. The van der Waals surface area contributed by atoms with Gasteiger partial charge in [0.15, 0.2) is 0 Å². The molecule has 5 unspecified atom stereocenters. The molecule has 4 bridgehead atoms. The first-order chi connectivity index (χ1) is 27.6. The lowest BCUT2D eigenvalue weighted by Gasteiger charge is -2.39. The van der Waals surface area contributed by atoms with Crippen LogP contribution in [0.4, 0.5) is 35.3 Å². The third-order valence-electron chi connectivity index (χ3n) is 10.8. The minimum atomic E-state index is -0.153. The van der Waals surface area contributed by atoms with Crippen molar-refractivity contribution in [2.45, 2.75) is 56.1 Å². The Morgan fingerprint density at radius 3 is 1.96 bits per heavy atom. The number of benzene rings is 2. The number of fused-ring (bicyclic) bond motifs is 4. The maximum absolute atomic E-state index is 6.31. The maximum atomic E-state index is 6.31. The molecule has 4 aliphatic rings. The fourth-order valence-corrected chi connectivity index (χ4v) is 8.00. The van der Waals surface area contributed by atoms with Gasteiger partial charge in [0.05, 0.1) is 38.0 Å². The molecular weight excluding hydrogens is 717 g/mol. The van der Waals surface area contributed by atoms with E-state index in [1.54, 1.807) is 19.5 Å². The van der Waals surface area contributed by atoms with Crippen molar-refractivity contribution in [3.05, 3.63) is 85.2 Å². The second-order valence-corrected chi connectivity index (χ2v) is 14.4. The highest BCUT2D eigenvalue weighted by Crippen LogP contribution is 2.37. The van der Waals surface area contributed by atoms with E-state index in [9.17, 15) is 0 Å². The van der Waals surface area contributed by atoms with Gasteiger partial charge in [-0.25, -0.2) is 9.97 Å². The average molecular weight is 757 g/mol. The molecule has 0 spiro atoms. The quantitative estimate of drug-likeness (QED) is 0.143. The molecule has 10 rings (SSSR count). The zero-order valence-corrected chi connectivity index (χ0v) is 30.7. The van der Waals surface area contributed by atoms with Crippen molar-refractivity contribution < 1.29 is 28.0 Å². The van der Waals surface area contributed by atoms with Crippen molar-refractivity contribution in [3.63, 3.8) is 0 Å². The number of hydrogen-bond acceptors (Lipinski definition) is 16. The van der Waals surface area contributed by atoms with E-state index in [4.69, 9.17) is 38.0 Å². The standard InChI is InChI=1S/C40H40N10O6/c1-51-27-7-2-24(3-8-27)31-18-38(56-47-31)44-36-15-17-42-40(46-36)50-26-6-13-33(50)34(53-22-26)23-52-28-9-4-25(5-10-28)32-19-37(55-48-32)43-35-14-16-41-39(45-35)49-20-29-11-12-30(21-49)54-29/h2-5,7-10,14-19,26,29-30,33-34H,6,11-13,20-23H2,1H3,(H,41,43,45)(H,42,44,46). The van der Waals surface area contributed by atoms with E-state index in [0.29, 0.717) is 59.9 Å². The highest BCUT2D eigenvalue weighted by atomic mass is 16.5. The van der Waals surface area contributed by atoms with E-state index < -0.39 is 0 Å². The lowest BCUT2D eigenvalue weighted by atomic mass is 10.1. The Hall–Kier alpha value is -6.26. The van der Waals surface area contributed by atoms with Gasteiger partial charge in [0, 0.05) is 48.7 Å². The van der Waals surface area contributed by atoms with Gasteiger partial charge < -0.3 is 48.4 Å². The normalized spacial score (nSPS) is 22.6. The van der Waals surface area contributed by atoms with Gasteiger partial charge >= 0.3 is 0 Å². The van der Waals surface area contributed by atoms with Crippen LogP contribution in [0.15, 0.2) is 94.2 Å². The molecule has 56 heavy (non-hydrogen) atoms. The third kappa shape index (κ3) is 7.04. The summed E-state index contributed by atoms with van der Waals surface area (Å²) < 4.78 is 35.0. The number of rotatable bonds is 12. The third-order valence-corrected chi connectivity index (χ3v) is 10.8. The van der Waals surface area contributed by atoms with Crippen LogP contribution in [0.2, 0.25) is 0 Å². The summed E-state index contributed by atoms with van der Waals surface area (Å²) in [5, 5.41) is 15.0. The van der Waals surface area contributed by atoms with Crippen LogP contribution in [0.5, 0.6) is 11.5 Å². The van der Waals surface area contributed by atoms with Crippen LogP contribution in [0.25, 0.3) is 22.5 Å². The molecule has 5 atom stereocenters. The van der Waals surface area contributed by atoms with Crippen molar-refractivity contribution >= 4 is 35.3 Å². The Morgan fingerprint density at radius 2 is 1.32 bits per heavy atom. The first kappa shape index (κ1) is 34.2. The molecule has 4 aliphatic heterocycles. The van der Waals surface area contributed by atoms with E-state index in [1.165, 1.54) is 0 Å². The maximum Gasteiger partial charge on any atom is 0.230 e. The van der Waals surface area contributed by atoms with E-state index in [-0.39, 0.29) is 30.4 Å². The molecule has 2 N–H and O–H groups in total. The van der Waals surface area contributed by atoms with Gasteiger partial charge in [-0.2, -0.15) is 9.97 Å². The SMILES string of the molecule is COc1ccc(-c2cc(Nc3ccnc(N4C5CCC4C(COc4ccc(-c6cc(Nc7ccnc(N8CC9CCC(C8)O9)n7)on6)cc4)OC5)n3)on2)cc1. The minimum absolute atomic E-state index is 0.0752. The summed E-state index contributed by atoms with van der Waals surface area (Å²) in [7, 11) is 1.64. The minimum Gasteiger partial charge on any atom is -0.497 e. The van der Waals surface area contributed by atoms with Crippen molar-refractivity contribution in [2.24, 2.45) is 0 Å². The predicted octanol–water partition coefficient (Wildman–Crippen LogP) is 6.26. The Kier molecular flexibility index (Phi) is 9.03. The highest BCUT2D eigenvalue weighted by Gasteiger charge is 2.45. The molecule has 4 aromatic heterocycles. The van der Waals surface area contributed by atoms with E-state index >= 15 is 0 Å². The Bertz CT molecular complexity index is 2270. The van der Waals surface area contributed by atoms with Crippen molar-refractivity contribution in [1.82, 2.24) is 30.2 Å². The number of ether oxygens (including phenoxy) is 4. The molecule has 0 saturated carbocycles. The Labute approximate surface area is 322 Å². The lowest BCUT2D eigenvalue weighted by Crippen LogP contribution is -2.53. The number of nitrogens with one attached hydrogen (secondary N) is 2. The molecule has 0 aliphatic carbocycles. The van der Waals surface area contributed by atoms with Crippen LogP contribution in [0, 0.1) is 0 Å². The number of aromatic nitrogens is 6. The van der Waals surface area contributed by atoms with Crippen LogP contribution in [0.3, 0.4) is 0 Å². The summed E-state index contributed by atoms with van der Waals surface area (Å²) in [6.07, 6.45) is 7.99. The molecule has 0 radical (unpaired) electrons. The molecule has 4 fully saturated rings. The van der Waals surface area contributed by atoms with Gasteiger partial charge in [-0.1, -0.05) is 10.3 Å². The molecule has 8 heterocycles. The predicted molar refractivity (Wildman–Crippen MR) is 206 cm³/mol. The first-order valence-corrected chi connectivity index (χ1v) is 18.9. The number of nitrogens with zero attached hydrogens (tertiary/aromatic N) is 8. The van der Waals surface area contributed by atoms with Crippen LogP contribution in [-0.2, 0) is 9.47 Å². The van der Waals surface area contributed by atoms with Gasteiger partial charge in [-0.3, -0.25) is 0 Å². The highest BCUT2D eigenvalue weighted by molar-refractivity contribution is 5.66. The summed E-state index contributed by atoms with van der Waals surface area (Å²) in [6, 6.07) is 23.0. The summed E-state index contributed by atoms with van der Waals surface area (Å²) in [4.78, 5) is 23.2. The number of methoxy groups -OCH3 is 1. The average Bonchev–Trinajstić information content (AvgIpc) is 4.04. The molecule has 0 amide bonds. The van der Waals surface area contributed by atoms with Crippen LogP contribution >= 0.6 is 0 Å². The fourth-order valence-electron chi connectivity index (χ4n) is 8.00. The molecular formula is C40H40N10O6. The van der Waals surface area contributed by atoms with E-state index in [1.807, 2.05) is 72.8 Å². The molecule has 6 aromatic rings. The second-order valence-electron chi connectivity index (χ2n) is 14.4. The number of morpholine rings is 2. The van der Waals surface area contributed by atoms with Gasteiger partial charge in [0.1, 0.15) is 47.2 Å². The molecule has 16 heteroatoms. The summed E-state index contributed by atoms with van der Waals surface area (Å²) >= 11 is 0. The molecule has 286 valence electrons. The Morgan fingerprint density at radius 1 is 0.714 bits per heavy atom.